The Kier molecular flexibility index (Phi) is 6.38. The van der Waals surface area contributed by atoms with E-state index in [9.17, 15) is 18.0 Å². The lowest BCUT2D eigenvalue weighted by Gasteiger charge is -2.10. The maximum atomic E-state index is 12.2. The number of hydrogen-bond acceptors (Lipinski definition) is 5. The van der Waals surface area contributed by atoms with E-state index in [4.69, 9.17) is 4.74 Å². The van der Waals surface area contributed by atoms with Gasteiger partial charge < -0.3 is 14.8 Å². The number of alkyl halides is 3. The summed E-state index contributed by atoms with van der Waals surface area (Å²) in [5.41, 5.74) is 2.04. The molecule has 1 amide bonds. The molecule has 5 nitrogen and oxygen atoms in total. The molecule has 0 fully saturated rings. The zero-order chi connectivity index (χ0) is 20.9. The molecule has 9 heteroatoms. The lowest BCUT2D eigenvalue weighted by Crippen LogP contribution is -2.22. The highest BCUT2D eigenvalue weighted by atomic mass is 32.1. The Labute approximate surface area is 169 Å². The van der Waals surface area contributed by atoms with E-state index < -0.39 is 6.36 Å². The SMILES string of the molecule is Cc1csc(COc2ccc(C(=O)NCc3ccc(OC(F)(F)F)cc3)cc2)n1. The summed E-state index contributed by atoms with van der Waals surface area (Å²) < 4.78 is 45.9. The average Bonchev–Trinajstić information content (AvgIpc) is 3.10. The topological polar surface area (TPSA) is 60.5 Å². The van der Waals surface area contributed by atoms with Crippen molar-refractivity contribution in [3.63, 3.8) is 0 Å². The number of ether oxygens (including phenoxy) is 2. The Morgan fingerprint density at radius 2 is 1.72 bits per heavy atom. The number of benzene rings is 2. The van der Waals surface area contributed by atoms with Crippen LogP contribution in [0, 0.1) is 6.92 Å². The number of thiazole rings is 1. The molecule has 3 rings (SSSR count). The molecule has 0 aliphatic heterocycles. The predicted molar refractivity (Wildman–Crippen MR) is 102 cm³/mol. The second-order valence-electron chi connectivity index (χ2n) is 6.07. The summed E-state index contributed by atoms with van der Waals surface area (Å²) in [5, 5.41) is 5.53. The first-order valence-electron chi connectivity index (χ1n) is 8.55. The van der Waals surface area contributed by atoms with E-state index in [1.807, 2.05) is 12.3 Å². The third-order valence-corrected chi connectivity index (χ3v) is 4.70. The number of carbonyl (C=O) groups excluding carboxylic acids is 1. The number of carbonyl (C=O) groups is 1. The molecule has 3 aromatic rings. The molecule has 0 atom stereocenters. The first kappa shape index (κ1) is 20.7. The minimum atomic E-state index is -4.73. The minimum Gasteiger partial charge on any atom is -0.486 e. The second kappa shape index (κ2) is 8.95. The van der Waals surface area contributed by atoms with E-state index in [0.29, 0.717) is 23.5 Å². The summed E-state index contributed by atoms with van der Waals surface area (Å²) in [5.74, 6) is 0.00782. The number of hydrogen-bond donors (Lipinski definition) is 1. The van der Waals surface area contributed by atoms with Crippen LogP contribution < -0.4 is 14.8 Å². The van der Waals surface area contributed by atoms with Crippen molar-refractivity contribution in [3.05, 3.63) is 75.7 Å². The molecule has 0 unspecified atom stereocenters. The van der Waals surface area contributed by atoms with Gasteiger partial charge in [-0.15, -0.1) is 24.5 Å². The highest BCUT2D eigenvalue weighted by Gasteiger charge is 2.30. The molecule has 2 aromatic carbocycles. The van der Waals surface area contributed by atoms with Crippen molar-refractivity contribution in [2.24, 2.45) is 0 Å². The van der Waals surface area contributed by atoms with Gasteiger partial charge in [0.1, 0.15) is 23.1 Å². The fourth-order valence-corrected chi connectivity index (χ4v) is 3.09. The lowest BCUT2D eigenvalue weighted by molar-refractivity contribution is -0.274. The Balaban J connectivity index is 1.49. The van der Waals surface area contributed by atoms with Gasteiger partial charge in [0.25, 0.3) is 5.91 Å². The van der Waals surface area contributed by atoms with E-state index in [1.54, 1.807) is 24.3 Å². The van der Waals surface area contributed by atoms with Crippen LogP contribution in [0.1, 0.15) is 26.6 Å². The molecule has 152 valence electrons. The van der Waals surface area contributed by atoms with E-state index in [0.717, 1.165) is 10.7 Å². The molecule has 0 radical (unpaired) electrons. The predicted octanol–water partition coefficient (Wildman–Crippen LogP) is 4.86. The van der Waals surface area contributed by atoms with Gasteiger partial charge in [-0.3, -0.25) is 4.79 Å². The summed E-state index contributed by atoms with van der Waals surface area (Å²) in [6.45, 7) is 2.45. The Hall–Kier alpha value is -3.07. The standard InChI is InChI=1S/C20H17F3N2O3S/c1-13-12-29-18(25-13)11-27-16-8-4-15(5-9-16)19(26)24-10-14-2-6-17(7-3-14)28-20(21,22)23/h2-9,12H,10-11H2,1H3,(H,24,26). The van der Waals surface area contributed by atoms with Crippen LogP contribution in [0.2, 0.25) is 0 Å². The normalized spacial score (nSPS) is 11.2. The number of nitrogens with one attached hydrogen (secondary N) is 1. The van der Waals surface area contributed by atoms with Crippen LogP contribution >= 0.6 is 11.3 Å². The number of aryl methyl sites for hydroxylation is 1. The van der Waals surface area contributed by atoms with Gasteiger partial charge in [0, 0.05) is 23.2 Å². The molecule has 1 aromatic heterocycles. The van der Waals surface area contributed by atoms with Crippen molar-refractivity contribution < 1.29 is 27.4 Å². The molecule has 0 aliphatic rings. The Morgan fingerprint density at radius 1 is 1.07 bits per heavy atom. The largest absolute Gasteiger partial charge is 0.573 e. The van der Waals surface area contributed by atoms with Crippen LogP contribution in [0.15, 0.2) is 53.9 Å². The summed E-state index contributed by atoms with van der Waals surface area (Å²) in [7, 11) is 0. The first-order chi connectivity index (χ1) is 13.8. The van der Waals surface area contributed by atoms with Crippen LogP contribution in [-0.2, 0) is 13.2 Å². The Morgan fingerprint density at radius 3 is 2.31 bits per heavy atom. The molecular formula is C20H17F3N2O3S. The number of halogens is 3. The molecule has 1 N–H and O–H groups in total. The minimum absolute atomic E-state index is 0.173. The van der Waals surface area contributed by atoms with Crippen molar-refractivity contribution >= 4 is 17.2 Å². The second-order valence-corrected chi connectivity index (χ2v) is 7.01. The van der Waals surface area contributed by atoms with Gasteiger partial charge in [-0.2, -0.15) is 0 Å². The summed E-state index contributed by atoms with van der Waals surface area (Å²) in [4.78, 5) is 16.5. The molecule has 29 heavy (non-hydrogen) atoms. The van der Waals surface area contributed by atoms with Crippen LogP contribution in [0.5, 0.6) is 11.5 Å². The van der Waals surface area contributed by atoms with Crippen LogP contribution in [0.3, 0.4) is 0 Å². The monoisotopic (exact) mass is 422 g/mol. The maximum absolute atomic E-state index is 12.2. The van der Waals surface area contributed by atoms with Crippen LogP contribution in [0.25, 0.3) is 0 Å². The van der Waals surface area contributed by atoms with Crippen molar-refractivity contribution in [2.75, 3.05) is 0 Å². The summed E-state index contributed by atoms with van der Waals surface area (Å²) >= 11 is 1.52. The maximum Gasteiger partial charge on any atom is 0.573 e. The van der Waals surface area contributed by atoms with Crippen molar-refractivity contribution in [3.8, 4) is 11.5 Å². The van der Waals surface area contributed by atoms with Gasteiger partial charge in [-0.1, -0.05) is 12.1 Å². The summed E-state index contributed by atoms with van der Waals surface area (Å²) in [6.07, 6.45) is -4.73. The van der Waals surface area contributed by atoms with Crippen molar-refractivity contribution in [1.29, 1.82) is 0 Å². The van der Waals surface area contributed by atoms with E-state index >= 15 is 0 Å². The molecule has 0 spiro atoms. The average molecular weight is 422 g/mol. The molecular weight excluding hydrogens is 405 g/mol. The third kappa shape index (κ3) is 6.49. The molecule has 0 bridgehead atoms. The molecule has 0 aliphatic carbocycles. The first-order valence-corrected chi connectivity index (χ1v) is 9.43. The van der Waals surface area contributed by atoms with E-state index in [1.165, 1.54) is 35.6 Å². The quantitative estimate of drug-likeness (QED) is 0.591. The van der Waals surface area contributed by atoms with Gasteiger partial charge in [-0.25, -0.2) is 4.98 Å². The fraction of sp³-hybridized carbons (Fsp3) is 0.200. The van der Waals surface area contributed by atoms with E-state index in [-0.39, 0.29) is 18.2 Å². The lowest BCUT2D eigenvalue weighted by atomic mass is 10.2. The molecule has 1 heterocycles. The van der Waals surface area contributed by atoms with Gasteiger partial charge in [0.2, 0.25) is 0 Å². The third-order valence-electron chi connectivity index (χ3n) is 3.76. The number of aromatic nitrogens is 1. The fourth-order valence-electron chi connectivity index (χ4n) is 2.41. The summed E-state index contributed by atoms with van der Waals surface area (Å²) in [6, 6.07) is 12.0. The van der Waals surface area contributed by atoms with Crippen molar-refractivity contribution in [2.45, 2.75) is 26.4 Å². The molecule has 0 saturated carbocycles. The highest BCUT2D eigenvalue weighted by Crippen LogP contribution is 2.22. The van der Waals surface area contributed by atoms with Gasteiger partial charge in [0.15, 0.2) is 0 Å². The van der Waals surface area contributed by atoms with Crippen molar-refractivity contribution in [1.82, 2.24) is 10.3 Å². The number of nitrogens with zero attached hydrogens (tertiary/aromatic N) is 1. The zero-order valence-electron chi connectivity index (χ0n) is 15.3. The van der Waals surface area contributed by atoms with Crippen LogP contribution in [0.4, 0.5) is 13.2 Å². The van der Waals surface area contributed by atoms with Gasteiger partial charge in [0.05, 0.1) is 0 Å². The zero-order valence-corrected chi connectivity index (χ0v) is 16.1. The number of rotatable bonds is 7. The van der Waals surface area contributed by atoms with Crippen LogP contribution in [-0.4, -0.2) is 17.3 Å². The smallest absolute Gasteiger partial charge is 0.486 e. The number of amides is 1. The van der Waals surface area contributed by atoms with Gasteiger partial charge >= 0.3 is 6.36 Å². The van der Waals surface area contributed by atoms with E-state index in [2.05, 4.69) is 15.0 Å². The molecule has 0 saturated heterocycles. The Bertz CT molecular complexity index is 954. The van der Waals surface area contributed by atoms with Gasteiger partial charge in [-0.05, 0) is 48.9 Å². The highest BCUT2D eigenvalue weighted by molar-refractivity contribution is 7.09.